The van der Waals surface area contributed by atoms with Crippen molar-refractivity contribution in [3.63, 3.8) is 0 Å². The molecule has 0 aliphatic carbocycles. The number of rotatable bonds is 2. The highest BCUT2D eigenvalue weighted by Gasteiger charge is 2.15. The van der Waals surface area contributed by atoms with E-state index in [1.807, 2.05) is 5.38 Å². The summed E-state index contributed by atoms with van der Waals surface area (Å²) in [6, 6.07) is 0. The van der Waals surface area contributed by atoms with Crippen LogP contribution in [0.3, 0.4) is 0 Å². The van der Waals surface area contributed by atoms with Crippen LogP contribution >= 0.6 is 22.9 Å². The van der Waals surface area contributed by atoms with Gasteiger partial charge >= 0.3 is 0 Å². The Kier molecular flexibility index (Phi) is 3.99. The third-order valence-corrected chi connectivity index (χ3v) is 4.94. The maximum atomic E-state index is 11.4. The lowest BCUT2D eigenvalue weighted by Crippen LogP contribution is -2.25. The van der Waals surface area contributed by atoms with Gasteiger partial charge in [-0.05, 0) is 6.42 Å². The number of nitrogens with zero attached hydrogens (tertiary/aromatic N) is 2. The highest BCUT2D eigenvalue weighted by molar-refractivity contribution is 7.85. The van der Waals surface area contributed by atoms with Crippen LogP contribution in [0.1, 0.15) is 12.1 Å². The van der Waals surface area contributed by atoms with Crippen LogP contribution in [0.25, 0.3) is 0 Å². The van der Waals surface area contributed by atoms with Crippen LogP contribution in [0.5, 0.6) is 0 Å². The average molecular weight is 265 g/mol. The summed E-state index contributed by atoms with van der Waals surface area (Å²) < 4.78 is 11.4. The van der Waals surface area contributed by atoms with E-state index in [1.165, 1.54) is 0 Å². The summed E-state index contributed by atoms with van der Waals surface area (Å²) in [5.74, 6) is 2.05. The van der Waals surface area contributed by atoms with Crippen molar-refractivity contribution in [1.29, 1.82) is 0 Å². The number of thiazole rings is 1. The van der Waals surface area contributed by atoms with Gasteiger partial charge in [0.15, 0.2) is 5.13 Å². The van der Waals surface area contributed by atoms with Gasteiger partial charge in [-0.15, -0.1) is 22.9 Å². The molecule has 3 nitrogen and oxygen atoms in total. The van der Waals surface area contributed by atoms with Crippen molar-refractivity contribution < 1.29 is 4.21 Å². The summed E-state index contributed by atoms with van der Waals surface area (Å²) >= 11 is 7.33. The van der Waals surface area contributed by atoms with E-state index in [0.29, 0.717) is 5.88 Å². The molecule has 84 valence electrons. The second kappa shape index (κ2) is 5.27. The van der Waals surface area contributed by atoms with Crippen molar-refractivity contribution in [3.8, 4) is 0 Å². The van der Waals surface area contributed by atoms with Gasteiger partial charge < -0.3 is 4.90 Å². The molecule has 1 aliphatic heterocycles. The molecule has 1 saturated heterocycles. The van der Waals surface area contributed by atoms with E-state index in [0.717, 1.165) is 41.8 Å². The molecule has 0 bridgehead atoms. The maximum Gasteiger partial charge on any atom is 0.185 e. The van der Waals surface area contributed by atoms with Crippen molar-refractivity contribution in [2.24, 2.45) is 0 Å². The third kappa shape index (κ3) is 2.92. The first-order valence-corrected chi connectivity index (χ1v) is 7.80. The van der Waals surface area contributed by atoms with Gasteiger partial charge in [0.1, 0.15) is 0 Å². The van der Waals surface area contributed by atoms with Crippen LogP contribution in [0, 0.1) is 0 Å². The van der Waals surface area contributed by atoms with Gasteiger partial charge in [0.2, 0.25) is 0 Å². The predicted octanol–water partition coefficient (Wildman–Crippen LogP) is 1.84. The quantitative estimate of drug-likeness (QED) is 0.765. The van der Waals surface area contributed by atoms with Crippen molar-refractivity contribution in [3.05, 3.63) is 11.1 Å². The minimum Gasteiger partial charge on any atom is -0.347 e. The molecule has 0 N–H and O–H groups in total. The maximum absolute atomic E-state index is 11.4. The molecule has 1 aromatic heterocycles. The molecule has 15 heavy (non-hydrogen) atoms. The molecule has 1 aromatic rings. The van der Waals surface area contributed by atoms with Crippen LogP contribution in [0.4, 0.5) is 5.13 Å². The summed E-state index contributed by atoms with van der Waals surface area (Å²) in [6.07, 6.45) is 0.988. The van der Waals surface area contributed by atoms with Crippen LogP contribution < -0.4 is 4.90 Å². The summed E-state index contributed by atoms with van der Waals surface area (Å²) in [5, 5.41) is 3.01. The summed E-state index contributed by atoms with van der Waals surface area (Å²) in [7, 11) is -0.638. The first-order valence-electron chi connectivity index (χ1n) is 4.90. The van der Waals surface area contributed by atoms with Crippen molar-refractivity contribution in [2.45, 2.75) is 12.3 Å². The zero-order valence-corrected chi connectivity index (χ0v) is 10.7. The van der Waals surface area contributed by atoms with E-state index < -0.39 is 10.8 Å². The molecule has 1 fully saturated rings. The molecule has 1 atom stereocenters. The van der Waals surface area contributed by atoms with Crippen molar-refractivity contribution in [1.82, 2.24) is 4.98 Å². The normalized spacial score (nSPS) is 22.7. The lowest BCUT2D eigenvalue weighted by atomic mass is 10.4. The molecule has 6 heteroatoms. The molecule has 2 heterocycles. The van der Waals surface area contributed by atoms with Gasteiger partial charge in [-0.1, -0.05) is 0 Å². The molecular weight excluding hydrogens is 252 g/mol. The Bertz CT molecular complexity index is 356. The van der Waals surface area contributed by atoms with Gasteiger partial charge in [0.25, 0.3) is 0 Å². The lowest BCUT2D eigenvalue weighted by Gasteiger charge is -2.17. The van der Waals surface area contributed by atoms with Crippen LogP contribution in [0.2, 0.25) is 0 Å². The Balaban J connectivity index is 2.06. The van der Waals surface area contributed by atoms with E-state index in [4.69, 9.17) is 11.6 Å². The Hall–Kier alpha value is -0.130. The molecular formula is C9H13ClN2OS2. The van der Waals surface area contributed by atoms with Crippen molar-refractivity contribution >= 4 is 38.9 Å². The Morgan fingerprint density at radius 1 is 1.53 bits per heavy atom. The highest BCUT2D eigenvalue weighted by Crippen LogP contribution is 2.22. The summed E-state index contributed by atoms with van der Waals surface area (Å²) in [5.41, 5.74) is 0.932. The number of alkyl halides is 1. The summed E-state index contributed by atoms with van der Waals surface area (Å²) in [6.45, 7) is 1.81. The Labute approximate surface area is 101 Å². The van der Waals surface area contributed by atoms with Gasteiger partial charge in [0.05, 0.1) is 11.6 Å². The van der Waals surface area contributed by atoms with E-state index in [2.05, 4.69) is 9.88 Å². The zero-order valence-electron chi connectivity index (χ0n) is 8.32. The van der Waals surface area contributed by atoms with Crippen LogP contribution in [-0.2, 0) is 16.7 Å². The minimum absolute atomic E-state index is 0.469. The number of hydrogen-bond donors (Lipinski definition) is 0. The topological polar surface area (TPSA) is 33.2 Å². The average Bonchev–Trinajstić information content (AvgIpc) is 2.62. The molecule has 1 unspecified atom stereocenters. The van der Waals surface area contributed by atoms with Crippen LogP contribution in [-0.4, -0.2) is 33.8 Å². The first-order chi connectivity index (χ1) is 7.29. The minimum atomic E-state index is -0.638. The smallest absolute Gasteiger partial charge is 0.185 e. The molecule has 0 aromatic carbocycles. The fourth-order valence-corrected chi connectivity index (χ4v) is 3.72. The number of halogens is 1. The van der Waals surface area contributed by atoms with Crippen molar-refractivity contribution in [2.75, 3.05) is 29.5 Å². The molecule has 0 spiro atoms. The fourth-order valence-electron chi connectivity index (χ4n) is 1.54. The Morgan fingerprint density at radius 2 is 2.40 bits per heavy atom. The number of hydrogen-bond acceptors (Lipinski definition) is 4. The van der Waals surface area contributed by atoms with Gasteiger partial charge in [-0.2, -0.15) is 0 Å². The largest absolute Gasteiger partial charge is 0.347 e. The standard InChI is InChI=1S/C9H13ClN2OS2/c10-6-8-7-14-9(11-8)12-2-1-4-15(13)5-3-12/h7H,1-6H2. The van der Waals surface area contributed by atoms with E-state index in [1.54, 1.807) is 11.3 Å². The lowest BCUT2D eigenvalue weighted by molar-refractivity contribution is 0.683. The molecule has 2 rings (SSSR count). The molecule has 0 amide bonds. The SMILES string of the molecule is O=S1CCCN(c2nc(CCl)cs2)CC1. The molecule has 0 radical (unpaired) electrons. The fraction of sp³-hybridized carbons (Fsp3) is 0.667. The molecule has 0 saturated carbocycles. The first kappa shape index (κ1) is 11.4. The van der Waals surface area contributed by atoms with Gasteiger partial charge in [-0.3, -0.25) is 4.21 Å². The highest BCUT2D eigenvalue weighted by atomic mass is 35.5. The monoisotopic (exact) mass is 264 g/mol. The summed E-state index contributed by atoms with van der Waals surface area (Å²) in [4.78, 5) is 6.65. The zero-order chi connectivity index (χ0) is 10.7. The van der Waals surface area contributed by atoms with E-state index >= 15 is 0 Å². The predicted molar refractivity (Wildman–Crippen MR) is 66.4 cm³/mol. The number of aromatic nitrogens is 1. The number of anilines is 1. The second-order valence-corrected chi connectivity index (χ2v) is 6.24. The van der Waals surface area contributed by atoms with Gasteiger partial charge in [-0.25, -0.2) is 4.98 Å². The van der Waals surface area contributed by atoms with Gasteiger partial charge in [0, 0.05) is 40.8 Å². The van der Waals surface area contributed by atoms with Crippen LogP contribution in [0.15, 0.2) is 5.38 Å². The molecule has 1 aliphatic rings. The van der Waals surface area contributed by atoms with E-state index in [9.17, 15) is 4.21 Å². The Morgan fingerprint density at radius 3 is 3.13 bits per heavy atom. The second-order valence-electron chi connectivity index (χ2n) is 3.44. The van der Waals surface area contributed by atoms with E-state index in [-0.39, 0.29) is 0 Å². The third-order valence-electron chi connectivity index (χ3n) is 2.34.